The van der Waals surface area contributed by atoms with Crippen LogP contribution in [0.3, 0.4) is 0 Å². The predicted molar refractivity (Wildman–Crippen MR) is 97.0 cm³/mol. The molecule has 8 heteroatoms. The number of hydrogen-bond acceptors (Lipinski definition) is 6. The molecule has 24 heavy (non-hydrogen) atoms. The van der Waals surface area contributed by atoms with E-state index in [9.17, 15) is 4.79 Å². The van der Waals surface area contributed by atoms with E-state index in [0.717, 1.165) is 31.6 Å². The average Bonchev–Trinajstić information content (AvgIpc) is 3.24. The number of nitrogens with zero attached hydrogens (tertiary/aromatic N) is 4. The van der Waals surface area contributed by atoms with E-state index < -0.39 is 0 Å². The summed E-state index contributed by atoms with van der Waals surface area (Å²) in [7, 11) is 0. The topological polar surface area (TPSA) is 76.5 Å². The van der Waals surface area contributed by atoms with Crippen molar-refractivity contribution < 1.29 is 0 Å². The molecule has 4 rings (SSSR count). The van der Waals surface area contributed by atoms with Gasteiger partial charge in [-0.15, -0.1) is 21.5 Å². The number of H-pyrrole nitrogens is 1. The lowest BCUT2D eigenvalue weighted by Crippen LogP contribution is -2.12. The molecular weight excluding hydrogens is 342 g/mol. The summed E-state index contributed by atoms with van der Waals surface area (Å²) in [5, 5.41) is 10.1. The van der Waals surface area contributed by atoms with Crippen molar-refractivity contribution in [2.45, 2.75) is 57.0 Å². The van der Waals surface area contributed by atoms with Crippen molar-refractivity contribution in [3.63, 3.8) is 0 Å². The Hall–Kier alpha value is -1.67. The van der Waals surface area contributed by atoms with Crippen LogP contribution in [0.25, 0.3) is 10.2 Å². The zero-order valence-electron chi connectivity index (χ0n) is 14.1. The smallest absolute Gasteiger partial charge is 0.259 e. The second kappa shape index (κ2) is 5.70. The maximum absolute atomic E-state index is 12.4. The Bertz CT molecular complexity index is 982. The van der Waals surface area contributed by atoms with Crippen LogP contribution >= 0.6 is 23.1 Å². The lowest BCUT2D eigenvalue weighted by Gasteiger charge is -2.11. The van der Waals surface area contributed by atoms with Gasteiger partial charge in [-0.25, -0.2) is 4.98 Å². The highest BCUT2D eigenvalue weighted by atomic mass is 32.2. The Labute approximate surface area is 147 Å². The number of aromatic nitrogens is 5. The van der Waals surface area contributed by atoms with Gasteiger partial charge in [0.15, 0.2) is 5.16 Å². The van der Waals surface area contributed by atoms with Gasteiger partial charge in [0, 0.05) is 10.9 Å². The molecule has 3 aromatic heterocycles. The lowest BCUT2D eigenvalue weighted by molar-refractivity contribution is 0.642. The van der Waals surface area contributed by atoms with E-state index in [2.05, 4.69) is 19.7 Å². The third kappa shape index (κ3) is 2.57. The first-order valence-corrected chi connectivity index (χ1v) is 9.73. The van der Waals surface area contributed by atoms with Crippen LogP contribution in [0.1, 0.15) is 53.1 Å². The standard InChI is InChI=1S/C16H19N5OS2/c1-7-8(2)23-15-12(7)14(22)17-13(18-15)9(3)24-16-20-19-10(4)21(16)11-5-6-11/h9,11H,5-6H2,1-4H3,(H,17,18,22)/t9-/m1/s1. The summed E-state index contributed by atoms with van der Waals surface area (Å²) in [4.78, 5) is 22.1. The van der Waals surface area contributed by atoms with E-state index in [1.165, 1.54) is 12.8 Å². The zero-order chi connectivity index (χ0) is 17.0. The molecule has 3 aromatic rings. The van der Waals surface area contributed by atoms with Gasteiger partial charge in [-0.3, -0.25) is 4.79 Å². The number of fused-ring (bicyclic) bond motifs is 1. The first-order chi connectivity index (χ1) is 11.5. The number of rotatable bonds is 4. The second-order valence-corrected chi connectivity index (χ2v) is 8.82. The molecule has 0 aliphatic heterocycles. The molecule has 0 unspecified atom stereocenters. The Kier molecular flexibility index (Phi) is 3.76. The molecule has 126 valence electrons. The molecule has 0 spiro atoms. The molecular formula is C16H19N5OS2. The Morgan fingerprint density at radius 1 is 1.29 bits per heavy atom. The van der Waals surface area contributed by atoms with Crippen LogP contribution in [0.5, 0.6) is 0 Å². The summed E-state index contributed by atoms with van der Waals surface area (Å²) in [6.07, 6.45) is 2.38. The van der Waals surface area contributed by atoms with E-state index in [1.807, 2.05) is 27.7 Å². The number of thiophene rings is 1. The van der Waals surface area contributed by atoms with E-state index in [0.29, 0.717) is 11.9 Å². The third-order valence-corrected chi connectivity index (χ3v) is 6.64. The Balaban J connectivity index is 1.69. The van der Waals surface area contributed by atoms with Crippen LogP contribution in [-0.2, 0) is 0 Å². The van der Waals surface area contributed by atoms with Gasteiger partial charge in [-0.05, 0) is 46.1 Å². The molecule has 1 aliphatic rings. The number of thioether (sulfide) groups is 1. The molecule has 1 aliphatic carbocycles. The Morgan fingerprint density at radius 3 is 2.75 bits per heavy atom. The van der Waals surface area contributed by atoms with Gasteiger partial charge in [-0.2, -0.15) is 0 Å². The van der Waals surface area contributed by atoms with E-state index in [-0.39, 0.29) is 10.8 Å². The van der Waals surface area contributed by atoms with Gasteiger partial charge in [0.25, 0.3) is 5.56 Å². The molecule has 0 bridgehead atoms. The van der Waals surface area contributed by atoms with Crippen LogP contribution in [0.15, 0.2) is 9.95 Å². The van der Waals surface area contributed by atoms with Crippen LogP contribution in [0.2, 0.25) is 0 Å². The second-order valence-electron chi connectivity index (χ2n) is 6.31. The molecule has 1 fully saturated rings. The van der Waals surface area contributed by atoms with E-state index in [4.69, 9.17) is 4.98 Å². The fourth-order valence-electron chi connectivity index (χ4n) is 2.86. The molecule has 0 radical (unpaired) electrons. The van der Waals surface area contributed by atoms with Gasteiger partial charge in [0.1, 0.15) is 16.5 Å². The summed E-state index contributed by atoms with van der Waals surface area (Å²) < 4.78 is 2.21. The highest BCUT2D eigenvalue weighted by Crippen LogP contribution is 2.41. The first-order valence-electron chi connectivity index (χ1n) is 8.03. The highest BCUT2D eigenvalue weighted by Gasteiger charge is 2.29. The zero-order valence-corrected chi connectivity index (χ0v) is 15.7. The fourth-order valence-corrected chi connectivity index (χ4v) is 4.92. The van der Waals surface area contributed by atoms with Crippen LogP contribution in [0.4, 0.5) is 0 Å². The lowest BCUT2D eigenvalue weighted by atomic mass is 10.2. The van der Waals surface area contributed by atoms with Crippen molar-refractivity contribution in [3.8, 4) is 0 Å². The van der Waals surface area contributed by atoms with Crippen LogP contribution in [0, 0.1) is 20.8 Å². The van der Waals surface area contributed by atoms with Gasteiger partial charge in [-0.1, -0.05) is 11.8 Å². The molecule has 1 saturated carbocycles. The number of hydrogen-bond donors (Lipinski definition) is 1. The average molecular weight is 361 g/mol. The summed E-state index contributed by atoms with van der Waals surface area (Å²) in [6.45, 7) is 8.04. The molecule has 0 aromatic carbocycles. The van der Waals surface area contributed by atoms with Gasteiger partial charge in [0.2, 0.25) is 0 Å². The highest BCUT2D eigenvalue weighted by molar-refractivity contribution is 7.99. The number of aromatic amines is 1. The molecule has 1 N–H and O–H groups in total. The normalized spacial score (nSPS) is 16.0. The van der Waals surface area contributed by atoms with E-state index in [1.54, 1.807) is 23.1 Å². The van der Waals surface area contributed by atoms with Gasteiger partial charge in [0.05, 0.1) is 10.6 Å². The molecule has 6 nitrogen and oxygen atoms in total. The first kappa shape index (κ1) is 15.8. The molecule has 0 saturated heterocycles. The summed E-state index contributed by atoms with van der Waals surface area (Å²) in [6, 6.07) is 0.534. The summed E-state index contributed by atoms with van der Waals surface area (Å²) in [5.41, 5.74) is 0.976. The maximum atomic E-state index is 12.4. The van der Waals surface area contributed by atoms with Gasteiger partial charge >= 0.3 is 0 Å². The number of nitrogens with one attached hydrogen (secondary N) is 1. The van der Waals surface area contributed by atoms with Crippen molar-refractivity contribution >= 4 is 33.3 Å². The monoisotopic (exact) mass is 361 g/mol. The Morgan fingerprint density at radius 2 is 2.04 bits per heavy atom. The van der Waals surface area contributed by atoms with Crippen molar-refractivity contribution in [2.24, 2.45) is 0 Å². The predicted octanol–water partition coefficient (Wildman–Crippen LogP) is 3.69. The fraction of sp³-hybridized carbons (Fsp3) is 0.500. The quantitative estimate of drug-likeness (QED) is 0.717. The summed E-state index contributed by atoms with van der Waals surface area (Å²) in [5.74, 6) is 1.65. The van der Waals surface area contributed by atoms with E-state index >= 15 is 0 Å². The maximum Gasteiger partial charge on any atom is 0.259 e. The van der Waals surface area contributed by atoms with Crippen molar-refractivity contribution in [3.05, 3.63) is 32.4 Å². The number of aryl methyl sites for hydroxylation is 3. The van der Waals surface area contributed by atoms with Crippen LogP contribution in [-0.4, -0.2) is 24.7 Å². The van der Waals surface area contributed by atoms with Gasteiger partial charge < -0.3 is 9.55 Å². The molecule has 0 amide bonds. The third-order valence-electron chi connectivity index (χ3n) is 4.47. The SMILES string of the molecule is Cc1sc2nc([C@@H](C)Sc3nnc(C)n3C3CC3)[nH]c(=O)c2c1C. The minimum Gasteiger partial charge on any atom is -0.309 e. The largest absolute Gasteiger partial charge is 0.309 e. The van der Waals surface area contributed by atoms with Crippen molar-refractivity contribution in [1.29, 1.82) is 0 Å². The van der Waals surface area contributed by atoms with Crippen molar-refractivity contribution in [1.82, 2.24) is 24.7 Å². The minimum absolute atomic E-state index is 0.00547. The summed E-state index contributed by atoms with van der Waals surface area (Å²) >= 11 is 3.18. The van der Waals surface area contributed by atoms with Crippen molar-refractivity contribution in [2.75, 3.05) is 0 Å². The molecule has 3 heterocycles. The molecule has 1 atom stereocenters. The van der Waals surface area contributed by atoms with Crippen LogP contribution < -0.4 is 5.56 Å². The minimum atomic E-state index is -0.0517.